The highest BCUT2D eigenvalue weighted by atomic mass is 32.2. The molecule has 0 saturated carbocycles. The molecule has 2 unspecified atom stereocenters. The molecule has 0 bridgehead atoms. The summed E-state index contributed by atoms with van der Waals surface area (Å²) >= 11 is 1.66. The molecule has 0 aliphatic carbocycles. The molecule has 0 amide bonds. The van der Waals surface area contributed by atoms with Gasteiger partial charge in [-0.3, -0.25) is 4.79 Å². The lowest BCUT2D eigenvalue weighted by Gasteiger charge is -2.22. The second-order valence-corrected chi connectivity index (χ2v) is 4.73. The Morgan fingerprint density at radius 1 is 1.67 bits per heavy atom. The highest BCUT2D eigenvalue weighted by Crippen LogP contribution is 2.17. The maximum absolute atomic E-state index is 11.0. The molecule has 1 aliphatic heterocycles. The average Bonchev–Trinajstić information content (AvgIpc) is 2.29. The van der Waals surface area contributed by atoms with E-state index in [1.807, 2.05) is 0 Å². The summed E-state index contributed by atoms with van der Waals surface area (Å²) in [5.41, 5.74) is 5.61. The van der Waals surface area contributed by atoms with Gasteiger partial charge in [0.1, 0.15) is 6.04 Å². The van der Waals surface area contributed by atoms with Gasteiger partial charge in [0.15, 0.2) is 0 Å². The Labute approximate surface area is 94.9 Å². The molecule has 1 heterocycles. The number of rotatable bonds is 5. The lowest BCUT2D eigenvalue weighted by atomic mass is 10.1. The van der Waals surface area contributed by atoms with Crippen LogP contribution in [0, 0.1) is 0 Å². The van der Waals surface area contributed by atoms with Crippen molar-refractivity contribution in [2.75, 3.05) is 25.2 Å². The van der Waals surface area contributed by atoms with Crippen molar-refractivity contribution < 1.29 is 14.3 Å². The number of nitrogens with two attached hydrogens (primary N) is 1. The summed E-state index contributed by atoms with van der Waals surface area (Å²) in [5, 5.41) is 0. The van der Waals surface area contributed by atoms with Crippen molar-refractivity contribution >= 4 is 17.7 Å². The summed E-state index contributed by atoms with van der Waals surface area (Å²) in [6.07, 6.45) is 3.88. The number of carbonyl (C=O) groups is 1. The third-order valence-corrected chi connectivity index (χ3v) is 3.58. The Bertz CT molecular complexity index is 195. The second kappa shape index (κ2) is 7.09. The molecular weight excluding hydrogens is 214 g/mol. The van der Waals surface area contributed by atoms with Crippen LogP contribution in [0.5, 0.6) is 0 Å². The zero-order chi connectivity index (χ0) is 11.1. The van der Waals surface area contributed by atoms with Crippen LogP contribution < -0.4 is 5.73 Å². The van der Waals surface area contributed by atoms with E-state index in [0.717, 1.165) is 18.8 Å². The van der Waals surface area contributed by atoms with Gasteiger partial charge in [-0.05, 0) is 19.3 Å². The normalized spacial score (nSPS) is 23.5. The molecule has 1 aliphatic rings. The zero-order valence-electron chi connectivity index (χ0n) is 9.11. The zero-order valence-corrected chi connectivity index (χ0v) is 9.92. The van der Waals surface area contributed by atoms with Crippen LogP contribution in [0.25, 0.3) is 0 Å². The summed E-state index contributed by atoms with van der Waals surface area (Å²) in [4.78, 5) is 11.0. The van der Waals surface area contributed by atoms with Crippen molar-refractivity contribution in [1.82, 2.24) is 0 Å². The van der Waals surface area contributed by atoms with Crippen molar-refractivity contribution in [2.24, 2.45) is 5.73 Å². The molecule has 15 heavy (non-hydrogen) atoms. The molecule has 0 spiro atoms. The highest BCUT2D eigenvalue weighted by Gasteiger charge is 2.17. The van der Waals surface area contributed by atoms with Gasteiger partial charge >= 0.3 is 5.97 Å². The molecule has 1 rings (SSSR count). The van der Waals surface area contributed by atoms with Crippen molar-refractivity contribution in [3.05, 3.63) is 0 Å². The van der Waals surface area contributed by atoms with E-state index in [4.69, 9.17) is 10.5 Å². The number of hydrogen-bond donors (Lipinski definition) is 1. The average molecular weight is 233 g/mol. The van der Waals surface area contributed by atoms with Crippen LogP contribution in [-0.2, 0) is 14.3 Å². The molecule has 1 fully saturated rings. The van der Waals surface area contributed by atoms with Gasteiger partial charge in [-0.2, -0.15) is 11.8 Å². The number of esters is 1. The van der Waals surface area contributed by atoms with Crippen LogP contribution in [0.2, 0.25) is 0 Å². The van der Waals surface area contributed by atoms with Gasteiger partial charge in [-0.25, -0.2) is 0 Å². The van der Waals surface area contributed by atoms with E-state index < -0.39 is 6.04 Å². The monoisotopic (exact) mass is 233 g/mol. The van der Waals surface area contributed by atoms with E-state index >= 15 is 0 Å². The molecule has 5 heteroatoms. The number of carbonyl (C=O) groups excluding carboxylic acids is 1. The minimum absolute atomic E-state index is 0.341. The molecule has 88 valence electrons. The Kier molecular flexibility index (Phi) is 6.05. The summed E-state index contributed by atoms with van der Waals surface area (Å²) in [5.74, 6) is 1.18. The van der Waals surface area contributed by atoms with Gasteiger partial charge in [0.05, 0.1) is 13.2 Å². The second-order valence-electron chi connectivity index (χ2n) is 3.66. The fraction of sp³-hybridized carbons (Fsp3) is 0.900. The van der Waals surface area contributed by atoms with E-state index in [-0.39, 0.29) is 5.97 Å². The SMILES string of the molecule is COC(=O)C(N)CSCC1CCCCO1. The molecule has 0 radical (unpaired) electrons. The van der Waals surface area contributed by atoms with Gasteiger partial charge < -0.3 is 15.2 Å². The minimum atomic E-state index is -0.511. The van der Waals surface area contributed by atoms with Crippen LogP contribution in [0.3, 0.4) is 0 Å². The molecule has 0 aromatic carbocycles. The first-order chi connectivity index (χ1) is 7.24. The Hall–Kier alpha value is -0.260. The lowest BCUT2D eigenvalue weighted by molar-refractivity contribution is -0.141. The topological polar surface area (TPSA) is 61.5 Å². The minimum Gasteiger partial charge on any atom is -0.468 e. The number of ether oxygens (including phenoxy) is 2. The first-order valence-electron chi connectivity index (χ1n) is 5.26. The van der Waals surface area contributed by atoms with Crippen molar-refractivity contribution in [2.45, 2.75) is 31.4 Å². The van der Waals surface area contributed by atoms with Crippen LogP contribution in [0.1, 0.15) is 19.3 Å². The van der Waals surface area contributed by atoms with E-state index in [0.29, 0.717) is 11.9 Å². The van der Waals surface area contributed by atoms with E-state index in [2.05, 4.69) is 4.74 Å². The first kappa shape index (κ1) is 12.8. The Morgan fingerprint density at radius 2 is 2.47 bits per heavy atom. The predicted octanol–water partition coefficient (Wildman–Crippen LogP) is 0.789. The van der Waals surface area contributed by atoms with Crippen molar-refractivity contribution in [3.63, 3.8) is 0 Å². The molecule has 2 N–H and O–H groups in total. The lowest BCUT2D eigenvalue weighted by Crippen LogP contribution is -2.34. The summed E-state index contributed by atoms with van der Waals surface area (Å²) in [7, 11) is 1.36. The summed E-state index contributed by atoms with van der Waals surface area (Å²) in [6.45, 7) is 0.869. The van der Waals surface area contributed by atoms with E-state index in [1.165, 1.54) is 20.0 Å². The largest absolute Gasteiger partial charge is 0.468 e. The van der Waals surface area contributed by atoms with Crippen LogP contribution in [0.15, 0.2) is 0 Å². The van der Waals surface area contributed by atoms with Crippen molar-refractivity contribution in [3.8, 4) is 0 Å². The maximum Gasteiger partial charge on any atom is 0.323 e. The van der Waals surface area contributed by atoms with Crippen LogP contribution in [-0.4, -0.2) is 43.3 Å². The quantitative estimate of drug-likeness (QED) is 0.711. The molecule has 4 nitrogen and oxygen atoms in total. The van der Waals surface area contributed by atoms with Gasteiger partial charge in [-0.1, -0.05) is 0 Å². The third kappa shape index (κ3) is 4.86. The highest BCUT2D eigenvalue weighted by molar-refractivity contribution is 7.99. The first-order valence-corrected chi connectivity index (χ1v) is 6.42. The van der Waals surface area contributed by atoms with Gasteiger partial charge in [0.25, 0.3) is 0 Å². The fourth-order valence-electron chi connectivity index (χ4n) is 1.48. The molecular formula is C10H19NO3S. The Morgan fingerprint density at radius 3 is 3.07 bits per heavy atom. The fourth-order valence-corrected chi connectivity index (χ4v) is 2.54. The van der Waals surface area contributed by atoms with Crippen LogP contribution in [0.4, 0.5) is 0 Å². The van der Waals surface area contributed by atoms with Gasteiger partial charge in [-0.15, -0.1) is 0 Å². The van der Waals surface area contributed by atoms with E-state index in [9.17, 15) is 4.79 Å². The number of methoxy groups -OCH3 is 1. The van der Waals surface area contributed by atoms with Crippen LogP contribution >= 0.6 is 11.8 Å². The molecule has 0 aromatic rings. The van der Waals surface area contributed by atoms with E-state index in [1.54, 1.807) is 11.8 Å². The predicted molar refractivity (Wildman–Crippen MR) is 60.9 cm³/mol. The summed E-state index contributed by atoms with van der Waals surface area (Å²) < 4.78 is 10.1. The maximum atomic E-state index is 11.0. The Balaban J connectivity index is 2.07. The third-order valence-electron chi connectivity index (χ3n) is 2.38. The van der Waals surface area contributed by atoms with Crippen molar-refractivity contribution in [1.29, 1.82) is 0 Å². The number of hydrogen-bond acceptors (Lipinski definition) is 5. The molecule has 1 saturated heterocycles. The number of thioether (sulfide) groups is 1. The molecule has 0 aromatic heterocycles. The van der Waals surface area contributed by atoms with Gasteiger partial charge in [0, 0.05) is 18.1 Å². The standard InChI is InChI=1S/C10H19NO3S/c1-13-10(12)9(11)7-15-6-8-4-2-3-5-14-8/h8-9H,2-7,11H2,1H3. The smallest absolute Gasteiger partial charge is 0.323 e. The van der Waals surface area contributed by atoms with Gasteiger partial charge in [0.2, 0.25) is 0 Å². The molecule has 2 atom stereocenters. The summed E-state index contributed by atoms with van der Waals surface area (Å²) in [6, 6.07) is -0.511.